The standard InChI is InChI=1S/C21H22Cl2N2S/c22-19-9-8-18(21(23)14-19)13-20(25-11-10-24-16-25)15-26-12-4-7-17-5-2-1-3-6-17/h1-3,5-6,8-11,14,16,20H,4,7,12-13,15H2. The number of imidazole rings is 1. The van der Waals surface area contributed by atoms with Crippen LogP contribution in [0.5, 0.6) is 0 Å². The maximum atomic E-state index is 6.37. The first-order valence-corrected chi connectivity index (χ1v) is 10.7. The van der Waals surface area contributed by atoms with E-state index >= 15 is 0 Å². The van der Waals surface area contributed by atoms with E-state index in [4.69, 9.17) is 23.2 Å². The summed E-state index contributed by atoms with van der Waals surface area (Å²) >= 11 is 14.4. The number of benzene rings is 2. The number of aryl methyl sites for hydroxylation is 1. The molecule has 0 aliphatic heterocycles. The van der Waals surface area contributed by atoms with Crippen molar-refractivity contribution in [2.45, 2.75) is 25.3 Å². The number of thioether (sulfide) groups is 1. The highest BCUT2D eigenvalue weighted by molar-refractivity contribution is 7.99. The summed E-state index contributed by atoms with van der Waals surface area (Å²) in [7, 11) is 0. The van der Waals surface area contributed by atoms with Gasteiger partial charge in [-0.1, -0.05) is 59.6 Å². The number of hydrogen-bond acceptors (Lipinski definition) is 2. The van der Waals surface area contributed by atoms with Gasteiger partial charge in [-0.2, -0.15) is 11.8 Å². The molecule has 0 fully saturated rings. The first-order chi connectivity index (χ1) is 12.7. The van der Waals surface area contributed by atoms with Crippen molar-refractivity contribution >= 4 is 35.0 Å². The molecule has 0 radical (unpaired) electrons. The number of hydrogen-bond donors (Lipinski definition) is 0. The van der Waals surface area contributed by atoms with E-state index in [0.717, 1.165) is 34.9 Å². The normalized spacial score (nSPS) is 12.2. The third-order valence-corrected chi connectivity index (χ3v) is 6.11. The molecule has 3 rings (SSSR count). The van der Waals surface area contributed by atoms with Gasteiger partial charge in [0.15, 0.2) is 0 Å². The second-order valence-corrected chi connectivity index (χ2v) is 8.26. The molecule has 2 aromatic carbocycles. The minimum Gasteiger partial charge on any atom is -0.333 e. The number of aromatic nitrogens is 2. The van der Waals surface area contributed by atoms with Gasteiger partial charge in [0.05, 0.1) is 6.33 Å². The molecule has 2 nitrogen and oxygen atoms in total. The minimum absolute atomic E-state index is 0.331. The Balaban J connectivity index is 1.53. The second kappa shape index (κ2) is 10.1. The zero-order chi connectivity index (χ0) is 18.2. The van der Waals surface area contributed by atoms with Crippen molar-refractivity contribution in [1.29, 1.82) is 0 Å². The lowest BCUT2D eigenvalue weighted by atomic mass is 10.1. The molecular formula is C21H22Cl2N2S. The Labute approximate surface area is 169 Å². The fraction of sp³-hybridized carbons (Fsp3) is 0.286. The monoisotopic (exact) mass is 404 g/mol. The van der Waals surface area contributed by atoms with Crippen LogP contribution in [0.3, 0.4) is 0 Å². The first-order valence-electron chi connectivity index (χ1n) is 8.75. The fourth-order valence-electron chi connectivity index (χ4n) is 2.92. The van der Waals surface area contributed by atoms with Crippen LogP contribution in [-0.4, -0.2) is 21.1 Å². The van der Waals surface area contributed by atoms with E-state index < -0.39 is 0 Å². The summed E-state index contributed by atoms with van der Waals surface area (Å²) < 4.78 is 2.18. The second-order valence-electron chi connectivity index (χ2n) is 6.27. The number of rotatable bonds is 9. The molecule has 1 aromatic heterocycles. The van der Waals surface area contributed by atoms with Crippen LogP contribution in [0.2, 0.25) is 10.0 Å². The van der Waals surface area contributed by atoms with Gasteiger partial charge in [-0.3, -0.25) is 0 Å². The van der Waals surface area contributed by atoms with E-state index in [1.54, 1.807) is 0 Å². The summed E-state index contributed by atoms with van der Waals surface area (Å²) in [4.78, 5) is 4.20. The fourth-order valence-corrected chi connectivity index (χ4v) is 4.48. The van der Waals surface area contributed by atoms with E-state index in [-0.39, 0.29) is 0 Å². The Morgan fingerprint density at radius 1 is 1.08 bits per heavy atom. The zero-order valence-corrected chi connectivity index (χ0v) is 16.9. The zero-order valence-electron chi connectivity index (χ0n) is 14.5. The number of halogens is 2. The smallest absolute Gasteiger partial charge is 0.0948 e. The van der Waals surface area contributed by atoms with Crippen molar-refractivity contribution in [3.8, 4) is 0 Å². The van der Waals surface area contributed by atoms with Gasteiger partial charge in [0.2, 0.25) is 0 Å². The maximum absolute atomic E-state index is 6.37. The van der Waals surface area contributed by atoms with Crippen molar-refractivity contribution in [2.24, 2.45) is 0 Å². The molecule has 0 amide bonds. The van der Waals surface area contributed by atoms with Crippen LogP contribution >= 0.6 is 35.0 Å². The SMILES string of the molecule is Clc1ccc(CC(CSCCCc2ccccc2)n2ccnc2)c(Cl)c1. The first kappa shape index (κ1) is 19.3. The average molecular weight is 405 g/mol. The molecule has 0 bridgehead atoms. The molecule has 0 aliphatic rings. The van der Waals surface area contributed by atoms with Crippen molar-refractivity contribution < 1.29 is 0 Å². The van der Waals surface area contributed by atoms with Gasteiger partial charge < -0.3 is 4.57 Å². The van der Waals surface area contributed by atoms with Gasteiger partial charge in [0.1, 0.15) is 0 Å². The Bertz CT molecular complexity index is 791. The molecule has 1 heterocycles. The Morgan fingerprint density at radius 2 is 1.92 bits per heavy atom. The van der Waals surface area contributed by atoms with E-state index in [9.17, 15) is 0 Å². The lowest BCUT2D eigenvalue weighted by molar-refractivity contribution is 0.553. The molecule has 5 heteroatoms. The third kappa shape index (κ3) is 5.80. The van der Waals surface area contributed by atoms with Gasteiger partial charge in [0.25, 0.3) is 0 Å². The molecule has 0 N–H and O–H groups in total. The van der Waals surface area contributed by atoms with Crippen LogP contribution in [0, 0.1) is 0 Å². The quantitative estimate of drug-likeness (QED) is 0.387. The lowest BCUT2D eigenvalue weighted by Crippen LogP contribution is -2.14. The Morgan fingerprint density at radius 3 is 2.65 bits per heavy atom. The van der Waals surface area contributed by atoms with Crippen LogP contribution in [0.25, 0.3) is 0 Å². The Kier molecular flexibility index (Phi) is 7.48. The van der Waals surface area contributed by atoms with Gasteiger partial charge in [-0.05, 0) is 48.3 Å². The predicted molar refractivity (Wildman–Crippen MR) is 114 cm³/mol. The molecule has 0 aliphatic carbocycles. The summed E-state index contributed by atoms with van der Waals surface area (Å²) in [6.07, 6.45) is 8.94. The van der Waals surface area contributed by atoms with Crippen LogP contribution in [-0.2, 0) is 12.8 Å². The van der Waals surface area contributed by atoms with E-state index in [1.807, 2.05) is 48.7 Å². The summed E-state index contributed by atoms with van der Waals surface area (Å²) in [5, 5.41) is 1.41. The highest BCUT2D eigenvalue weighted by Crippen LogP contribution is 2.27. The molecule has 26 heavy (non-hydrogen) atoms. The molecule has 0 saturated heterocycles. The maximum Gasteiger partial charge on any atom is 0.0948 e. The highest BCUT2D eigenvalue weighted by Gasteiger charge is 2.14. The van der Waals surface area contributed by atoms with Crippen molar-refractivity contribution in [3.63, 3.8) is 0 Å². The van der Waals surface area contributed by atoms with Gasteiger partial charge in [0, 0.05) is 34.2 Å². The van der Waals surface area contributed by atoms with Crippen molar-refractivity contribution in [2.75, 3.05) is 11.5 Å². The van der Waals surface area contributed by atoms with Crippen molar-refractivity contribution in [1.82, 2.24) is 9.55 Å². The predicted octanol–water partition coefficient (Wildman–Crippen LogP) is 6.34. The van der Waals surface area contributed by atoms with Crippen LogP contribution in [0.1, 0.15) is 23.6 Å². The van der Waals surface area contributed by atoms with Crippen LogP contribution < -0.4 is 0 Å². The molecule has 1 atom stereocenters. The molecule has 0 saturated carbocycles. The summed E-state index contributed by atoms with van der Waals surface area (Å²) in [6, 6.07) is 16.7. The van der Waals surface area contributed by atoms with E-state index in [2.05, 4.69) is 39.9 Å². The molecule has 136 valence electrons. The number of nitrogens with zero attached hydrogens (tertiary/aromatic N) is 2. The highest BCUT2D eigenvalue weighted by atomic mass is 35.5. The summed E-state index contributed by atoms with van der Waals surface area (Å²) in [5.41, 5.74) is 2.53. The largest absolute Gasteiger partial charge is 0.333 e. The topological polar surface area (TPSA) is 17.8 Å². The van der Waals surface area contributed by atoms with Gasteiger partial charge in [-0.25, -0.2) is 4.98 Å². The average Bonchev–Trinajstić information content (AvgIpc) is 3.18. The van der Waals surface area contributed by atoms with E-state index in [0.29, 0.717) is 11.1 Å². The van der Waals surface area contributed by atoms with Crippen LogP contribution in [0.15, 0.2) is 67.3 Å². The van der Waals surface area contributed by atoms with Crippen molar-refractivity contribution in [3.05, 3.63) is 88.4 Å². The Hall–Kier alpha value is -1.42. The lowest BCUT2D eigenvalue weighted by Gasteiger charge is -2.19. The minimum atomic E-state index is 0.331. The molecule has 3 aromatic rings. The van der Waals surface area contributed by atoms with Crippen LogP contribution in [0.4, 0.5) is 0 Å². The summed E-state index contributed by atoms with van der Waals surface area (Å²) in [5.74, 6) is 2.18. The van der Waals surface area contributed by atoms with Gasteiger partial charge in [-0.15, -0.1) is 0 Å². The van der Waals surface area contributed by atoms with E-state index in [1.165, 1.54) is 12.0 Å². The third-order valence-electron chi connectivity index (χ3n) is 4.32. The van der Waals surface area contributed by atoms with Gasteiger partial charge >= 0.3 is 0 Å². The summed E-state index contributed by atoms with van der Waals surface area (Å²) in [6.45, 7) is 0. The molecular weight excluding hydrogens is 383 g/mol. The molecule has 0 spiro atoms. The molecule has 1 unspecified atom stereocenters.